The Morgan fingerprint density at radius 3 is 1.60 bits per heavy atom. The van der Waals surface area contributed by atoms with Gasteiger partial charge in [0.05, 0.1) is 95.2 Å². The number of benzene rings is 2. The maximum Gasteiger partial charge on any atom is 0.299 e. The summed E-state index contributed by atoms with van der Waals surface area (Å²) in [4.78, 5) is 20.6. The monoisotopic (exact) mass is 679 g/mol. The first kappa shape index (κ1) is 40.8. The second kappa shape index (κ2) is 27.5. The fourth-order valence-corrected chi connectivity index (χ4v) is 4.47. The van der Waals surface area contributed by atoms with Gasteiger partial charge in [-0.3, -0.25) is 20.2 Å². The molecule has 2 aromatic carbocycles. The molecule has 0 unspecified atom stereocenters. The van der Waals surface area contributed by atoms with Crippen LogP contribution in [0.3, 0.4) is 0 Å². The van der Waals surface area contributed by atoms with E-state index in [-0.39, 0.29) is 23.7 Å². The predicted molar refractivity (Wildman–Crippen MR) is 182 cm³/mol. The smallest absolute Gasteiger partial charge is 0.299 e. The van der Waals surface area contributed by atoms with Gasteiger partial charge in [0.15, 0.2) is 0 Å². The number of non-ortho nitro benzene ring substituents is 1. The van der Waals surface area contributed by atoms with Crippen molar-refractivity contribution < 1.29 is 43.0 Å². The highest BCUT2D eigenvalue weighted by molar-refractivity contribution is 5.65. The molecule has 270 valence electrons. The van der Waals surface area contributed by atoms with Crippen molar-refractivity contribution in [3.63, 3.8) is 0 Å². The van der Waals surface area contributed by atoms with Crippen LogP contribution in [0.15, 0.2) is 42.5 Å². The average Bonchev–Trinajstić information content (AvgIpc) is 3.09. The molecule has 0 aliphatic heterocycles. The molecule has 0 saturated heterocycles. The van der Waals surface area contributed by atoms with E-state index in [2.05, 4.69) is 24.4 Å². The van der Waals surface area contributed by atoms with Gasteiger partial charge in [0.2, 0.25) is 0 Å². The van der Waals surface area contributed by atoms with Crippen molar-refractivity contribution in [1.82, 2.24) is 0 Å². The number of ether oxygens (including phenoxy) is 7. The topological polar surface area (TPSA) is 163 Å². The standard InChI is InChI=1S/C34H53N3O11/c1-2-3-4-5-6-7-8-30-9-12-32(13-10-30)48-28-27-47-26-25-46-24-23-45-22-21-44-20-19-43-18-17-42-16-15-35-33-14-11-31(36(38)39)29-34(33)37(40)41/h9-14,29,35H,2-8,15-28H2,1H3. The first-order valence-corrected chi connectivity index (χ1v) is 16.9. The van der Waals surface area contributed by atoms with Gasteiger partial charge in [-0.05, 0) is 36.6 Å². The summed E-state index contributed by atoms with van der Waals surface area (Å²) in [6.45, 7) is 8.25. The Morgan fingerprint density at radius 2 is 1.08 bits per heavy atom. The van der Waals surface area contributed by atoms with Crippen molar-refractivity contribution in [2.45, 2.75) is 51.9 Å². The van der Waals surface area contributed by atoms with Crippen molar-refractivity contribution in [2.75, 3.05) is 97.8 Å². The quantitative estimate of drug-likeness (QED) is 0.0546. The lowest BCUT2D eigenvalue weighted by molar-refractivity contribution is -0.393. The Kier molecular flexibility index (Phi) is 23.4. The van der Waals surface area contributed by atoms with E-state index in [0.717, 1.165) is 18.2 Å². The van der Waals surface area contributed by atoms with Crippen LogP contribution < -0.4 is 10.1 Å². The third-order valence-corrected chi connectivity index (χ3v) is 7.05. The number of aryl methyl sites for hydroxylation is 1. The first-order chi connectivity index (χ1) is 23.5. The highest BCUT2D eigenvalue weighted by Gasteiger charge is 2.19. The molecule has 1 N–H and O–H groups in total. The van der Waals surface area contributed by atoms with Crippen molar-refractivity contribution in [3.05, 3.63) is 68.3 Å². The zero-order valence-corrected chi connectivity index (χ0v) is 28.3. The highest BCUT2D eigenvalue weighted by atomic mass is 16.6. The number of nitro benzene ring substituents is 2. The van der Waals surface area contributed by atoms with Gasteiger partial charge < -0.3 is 38.5 Å². The molecule has 0 spiro atoms. The third kappa shape index (κ3) is 20.1. The fraction of sp³-hybridized carbons (Fsp3) is 0.647. The van der Waals surface area contributed by atoms with Crippen LogP contribution >= 0.6 is 0 Å². The Labute approximate surface area is 283 Å². The molecule has 0 amide bonds. The highest BCUT2D eigenvalue weighted by Crippen LogP contribution is 2.28. The van der Waals surface area contributed by atoms with Crippen LogP contribution in [0.1, 0.15) is 51.0 Å². The minimum atomic E-state index is -0.676. The molecule has 14 heteroatoms. The summed E-state index contributed by atoms with van der Waals surface area (Å²) in [5.74, 6) is 0.865. The zero-order chi connectivity index (χ0) is 34.5. The van der Waals surface area contributed by atoms with Gasteiger partial charge in [-0.1, -0.05) is 51.2 Å². The summed E-state index contributed by atoms with van der Waals surface area (Å²) < 4.78 is 38.6. The van der Waals surface area contributed by atoms with Crippen LogP contribution in [-0.2, 0) is 34.8 Å². The van der Waals surface area contributed by atoms with E-state index in [4.69, 9.17) is 33.2 Å². The summed E-state index contributed by atoms with van der Waals surface area (Å²) in [6.07, 6.45) is 9.00. The number of anilines is 1. The Hall–Kier alpha value is -3.40. The molecule has 0 bridgehead atoms. The van der Waals surface area contributed by atoms with Gasteiger partial charge in [0, 0.05) is 12.6 Å². The van der Waals surface area contributed by atoms with Gasteiger partial charge >= 0.3 is 0 Å². The number of hydrogen-bond donors (Lipinski definition) is 1. The SMILES string of the molecule is CCCCCCCCc1ccc(OCCOCCOCCOCCOCCOCCOCCNc2ccc([N+](=O)[O-])cc2[N+](=O)[O-])cc1. The average molecular weight is 680 g/mol. The molecule has 2 aromatic rings. The maximum absolute atomic E-state index is 11.1. The maximum atomic E-state index is 11.1. The van der Waals surface area contributed by atoms with Crippen LogP contribution in [-0.4, -0.2) is 102 Å². The Bertz CT molecular complexity index is 1120. The van der Waals surface area contributed by atoms with Gasteiger partial charge in [-0.25, -0.2) is 0 Å². The molecule has 48 heavy (non-hydrogen) atoms. The molecule has 0 saturated carbocycles. The fourth-order valence-electron chi connectivity index (χ4n) is 4.47. The second-order valence-electron chi connectivity index (χ2n) is 10.8. The Morgan fingerprint density at radius 1 is 0.583 bits per heavy atom. The molecule has 14 nitrogen and oxygen atoms in total. The van der Waals surface area contributed by atoms with Gasteiger partial charge in [0.25, 0.3) is 11.4 Å². The minimum absolute atomic E-state index is 0.192. The minimum Gasteiger partial charge on any atom is -0.491 e. The van der Waals surface area contributed by atoms with Gasteiger partial charge in [0.1, 0.15) is 18.0 Å². The molecule has 0 fully saturated rings. The number of nitro groups is 2. The summed E-state index contributed by atoms with van der Waals surface area (Å²) in [7, 11) is 0. The lowest BCUT2D eigenvalue weighted by Gasteiger charge is -2.09. The van der Waals surface area contributed by atoms with Crippen LogP contribution in [0.5, 0.6) is 5.75 Å². The van der Waals surface area contributed by atoms with E-state index >= 15 is 0 Å². The van der Waals surface area contributed by atoms with Crippen molar-refractivity contribution in [3.8, 4) is 5.75 Å². The van der Waals surface area contributed by atoms with Crippen LogP contribution in [0.2, 0.25) is 0 Å². The van der Waals surface area contributed by atoms with Crippen molar-refractivity contribution in [1.29, 1.82) is 0 Å². The number of hydrogen-bond acceptors (Lipinski definition) is 12. The van der Waals surface area contributed by atoms with Crippen LogP contribution in [0.4, 0.5) is 17.1 Å². The second-order valence-corrected chi connectivity index (χ2v) is 10.8. The third-order valence-electron chi connectivity index (χ3n) is 7.05. The molecule has 0 radical (unpaired) electrons. The Balaban J connectivity index is 1.28. The van der Waals surface area contributed by atoms with E-state index in [1.54, 1.807) is 0 Å². The summed E-state index contributed by atoms with van der Waals surface area (Å²) in [5.41, 5.74) is 0.852. The van der Waals surface area contributed by atoms with Crippen molar-refractivity contribution >= 4 is 17.1 Å². The van der Waals surface area contributed by atoms with Gasteiger partial charge in [-0.15, -0.1) is 0 Å². The van der Waals surface area contributed by atoms with E-state index in [0.29, 0.717) is 85.8 Å². The largest absolute Gasteiger partial charge is 0.491 e. The van der Waals surface area contributed by atoms with E-state index in [1.807, 2.05) is 12.1 Å². The molecule has 0 atom stereocenters. The summed E-state index contributed by atoms with van der Waals surface area (Å²) in [6, 6.07) is 11.8. The predicted octanol–water partition coefficient (Wildman–Crippen LogP) is 6.00. The molecule has 0 aliphatic rings. The first-order valence-electron chi connectivity index (χ1n) is 16.9. The summed E-state index contributed by atoms with van der Waals surface area (Å²) >= 11 is 0. The number of nitrogens with one attached hydrogen (secondary N) is 1. The lowest BCUT2D eigenvalue weighted by Crippen LogP contribution is -2.15. The van der Waals surface area contributed by atoms with E-state index in [9.17, 15) is 20.2 Å². The van der Waals surface area contributed by atoms with Crippen LogP contribution in [0.25, 0.3) is 0 Å². The number of nitrogens with zero attached hydrogens (tertiary/aromatic N) is 2. The molecule has 0 aliphatic carbocycles. The van der Waals surface area contributed by atoms with Crippen molar-refractivity contribution in [2.24, 2.45) is 0 Å². The van der Waals surface area contributed by atoms with Crippen LogP contribution in [0, 0.1) is 20.2 Å². The molecular weight excluding hydrogens is 626 g/mol. The van der Waals surface area contributed by atoms with E-state index < -0.39 is 9.85 Å². The summed E-state index contributed by atoms with van der Waals surface area (Å²) in [5, 5.41) is 24.8. The number of rotatable bonds is 32. The van der Waals surface area contributed by atoms with E-state index in [1.165, 1.54) is 56.2 Å². The molecular formula is C34H53N3O11. The normalized spacial score (nSPS) is 11.1. The van der Waals surface area contributed by atoms with Gasteiger partial charge in [-0.2, -0.15) is 0 Å². The molecule has 0 aromatic heterocycles. The lowest BCUT2D eigenvalue weighted by atomic mass is 10.0. The molecule has 0 heterocycles. The zero-order valence-electron chi connectivity index (χ0n) is 28.3. The molecule has 2 rings (SSSR count). The number of unbranched alkanes of at least 4 members (excludes halogenated alkanes) is 5.